The van der Waals surface area contributed by atoms with Gasteiger partial charge in [0.1, 0.15) is 5.69 Å². The maximum atomic E-state index is 12.1. The Hall–Kier alpha value is -1.48. The quantitative estimate of drug-likeness (QED) is 0.807. The Bertz CT molecular complexity index is 619. The Balaban J connectivity index is 1.77. The number of ketones is 1. The minimum Gasteiger partial charge on any atom is -0.292 e. The van der Waals surface area contributed by atoms with Crippen LogP contribution in [0.25, 0.3) is 0 Å². The Kier molecular flexibility index (Phi) is 3.47. The topological polar surface area (TPSA) is 30.0 Å². The number of nitrogens with zero attached hydrogens (tertiary/aromatic N) is 1. The van der Waals surface area contributed by atoms with Crippen molar-refractivity contribution in [3.05, 3.63) is 63.4 Å². The van der Waals surface area contributed by atoms with Crippen LogP contribution in [0.15, 0.2) is 41.0 Å². The van der Waals surface area contributed by atoms with Gasteiger partial charge in [0.05, 0.1) is 0 Å². The van der Waals surface area contributed by atoms with Gasteiger partial charge in [-0.25, -0.2) is 0 Å². The van der Waals surface area contributed by atoms with Gasteiger partial charge in [0.2, 0.25) is 0 Å². The van der Waals surface area contributed by atoms with Crippen molar-refractivity contribution < 1.29 is 4.79 Å². The molecule has 3 heteroatoms. The number of benzene rings is 1. The van der Waals surface area contributed by atoms with Gasteiger partial charge in [0.15, 0.2) is 5.78 Å². The van der Waals surface area contributed by atoms with Gasteiger partial charge >= 0.3 is 0 Å². The molecular formula is C16H14BrNO. The van der Waals surface area contributed by atoms with Crippen LogP contribution in [-0.4, -0.2) is 10.8 Å². The number of halogens is 1. The summed E-state index contributed by atoms with van der Waals surface area (Å²) in [5.41, 5.74) is 4.48. The molecule has 19 heavy (non-hydrogen) atoms. The van der Waals surface area contributed by atoms with Gasteiger partial charge in [-0.3, -0.25) is 9.78 Å². The molecule has 0 N–H and O–H groups in total. The average molecular weight is 316 g/mol. The molecule has 0 spiro atoms. The summed E-state index contributed by atoms with van der Waals surface area (Å²) >= 11 is 3.32. The van der Waals surface area contributed by atoms with E-state index in [0.29, 0.717) is 12.1 Å². The van der Waals surface area contributed by atoms with Crippen LogP contribution in [0.5, 0.6) is 0 Å². The summed E-state index contributed by atoms with van der Waals surface area (Å²) in [5, 5.41) is 0. The second-order valence-corrected chi connectivity index (χ2v) is 5.83. The predicted molar refractivity (Wildman–Crippen MR) is 78.4 cm³/mol. The second-order valence-electron chi connectivity index (χ2n) is 4.92. The number of carbonyl (C=O) groups is 1. The fourth-order valence-corrected chi connectivity index (χ4v) is 2.79. The molecule has 0 atom stereocenters. The number of fused-ring (bicyclic) bond motifs is 1. The highest BCUT2D eigenvalue weighted by molar-refractivity contribution is 9.10. The van der Waals surface area contributed by atoms with Crippen molar-refractivity contribution in [2.75, 3.05) is 0 Å². The number of pyridine rings is 1. The van der Waals surface area contributed by atoms with Gasteiger partial charge in [0.25, 0.3) is 0 Å². The molecule has 1 aliphatic rings. The molecule has 0 aliphatic heterocycles. The fourth-order valence-electron chi connectivity index (χ4n) is 2.55. The summed E-state index contributed by atoms with van der Waals surface area (Å²) < 4.78 is 0.890. The van der Waals surface area contributed by atoms with Gasteiger partial charge in [0, 0.05) is 17.1 Å². The molecule has 0 bridgehead atoms. The third kappa shape index (κ3) is 2.76. The minimum atomic E-state index is 0.0745. The van der Waals surface area contributed by atoms with Crippen LogP contribution in [0, 0.1) is 0 Å². The summed E-state index contributed by atoms with van der Waals surface area (Å²) in [4.78, 5) is 16.3. The molecule has 1 aromatic carbocycles. The van der Waals surface area contributed by atoms with Gasteiger partial charge in [-0.1, -0.05) is 18.2 Å². The largest absolute Gasteiger partial charge is 0.292 e. The molecule has 96 valence electrons. The number of carbonyl (C=O) groups excluding carboxylic acids is 1. The lowest BCUT2D eigenvalue weighted by atomic mass is 10.0. The van der Waals surface area contributed by atoms with Crippen molar-refractivity contribution in [1.82, 2.24) is 4.98 Å². The number of hydrogen-bond donors (Lipinski definition) is 0. The summed E-state index contributed by atoms with van der Waals surface area (Å²) in [6, 6.07) is 10.0. The molecule has 1 aromatic heterocycles. The van der Waals surface area contributed by atoms with E-state index in [9.17, 15) is 4.79 Å². The van der Waals surface area contributed by atoms with Crippen molar-refractivity contribution in [2.45, 2.75) is 25.7 Å². The van der Waals surface area contributed by atoms with E-state index >= 15 is 0 Å². The van der Waals surface area contributed by atoms with E-state index in [4.69, 9.17) is 0 Å². The first-order valence-electron chi connectivity index (χ1n) is 6.48. The first-order chi connectivity index (χ1) is 9.22. The summed E-state index contributed by atoms with van der Waals surface area (Å²) in [5.74, 6) is 0.0745. The van der Waals surface area contributed by atoms with Crippen LogP contribution >= 0.6 is 15.9 Å². The third-order valence-electron chi connectivity index (χ3n) is 3.54. The maximum absolute atomic E-state index is 12.1. The zero-order valence-corrected chi connectivity index (χ0v) is 12.1. The smallest absolute Gasteiger partial charge is 0.185 e. The minimum absolute atomic E-state index is 0.0745. The molecule has 0 amide bonds. The fraction of sp³-hybridized carbons (Fsp3) is 0.250. The van der Waals surface area contributed by atoms with Crippen molar-refractivity contribution in [3.8, 4) is 0 Å². The van der Waals surface area contributed by atoms with Crippen molar-refractivity contribution in [1.29, 1.82) is 0 Å². The van der Waals surface area contributed by atoms with Gasteiger partial charge in [-0.2, -0.15) is 0 Å². The number of rotatable bonds is 3. The first-order valence-corrected chi connectivity index (χ1v) is 7.27. The molecule has 1 heterocycles. The first kappa shape index (κ1) is 12.5. The van der Waals surface area contributed by atoms with Gasteiger partial charge in [-0.15, -0.1) is 0 Å². The summed E-state index contributed by atoms with van der Waals surface area (Å²) in [7, 11) is 0. The molecule has 2 aromatic rings. The molecule has 3 rings (SSSR count). The maximum Gasteiger partial charge on any atom is 0.185 e. The molecule has 0 radical (unpaired) electrons. The van der Waals surface area contributed by atoms with E-state index in [-0.39, 0.29) is 5.78 Å². The Morgan fingerprint density at radius 2 is 2.00 bits per heavy atom. The van der Waals surface area contributed by atoms with E-state index in [1.165, 1.54) is 24.0 Å². The number of hydrogen-bond acceptors (Lipinski definition) is 2. The predicted octanol–water partition coefficient (Wildman–Crippen LogP) is 3.76. The Labute approximate surface area is 121 Å². The SMILES string of the molecule is O=C(Cc1ccc2c(c1)CCC2)c1ccc(Br)cn1. The summed E-state index contributed by atoms with van der Waals surface area (Å²) in [6.07, 6.45) is 5.66. The highest BCUT2D eigenvalue weighted by Gasteiger charge is 2.13. The van der Waals surface area contributed by atoms with Crippen molar-refractivity contribution in [2.24, 2.45) is 0 Å². The van der Waals surface area contributed by atoms with E-state index < -0.39 is 0 Å². The molecular weight excluding hydrogens is 302 g/mol. The second kappa shape index (κ2) is 5.25. The van der Waals surface area contributed by atoms with Crippen LogP contribution in [0.2, 0.25) is 0 Å². The Morgan fingerprint density at radius 3 is 2.79 bits per heavy atom. The lowest BCUT2D eigenvalue weighted by molar-refractivity contribution is 0.0988. The zero-order chi connectivity index (χ0) is 13.2. The standard InChI is InChI=1S/C16H14BrNO/c17-14-6-7-15(18-10-14)16(19)9-11-4-5-12-2-1-3-13(12)8-11/h4-8,10H,1-3,9H2. The number of aryl methyl sites for hydroxylation is 2. The summed E-state index contributed by atoms with van der Waals surface area (Å²) in [6.45, 7) is 0. The number of Topliss-reactive ketones (excluding diaryl/α,β-unsaturated/α-hetero) is 1. The number of aromatic nitrogens is 1. The lowest BCUT2D eigenvalue weighted by Crippen LogP contribution is -2.06. The molecule has 2 nitrogen and oxygen atoms in total. The zero-order valence-electron chi connectivity index (χ0n) is 10.5. The van der Waals surface area contributed by atoms with Crippen molar-refractivity contribution >= 4 is 21.7 Å². The molecule has 0 saturated carbocycles. The van der Waals surface area contributed by atoms with Gasteiger partial charge in [-0.05, 0) is 64.0 Å². The van der Waals surface area contributed by atoms with Crippen LogP contribution < -0.4 is 0 Å². The molecule has 0 fully saturated rings. The van der Waals surface area contributed by atoms with Gasteiger partial charge < -0.3 is 0 Å². The van der Waals surface area contributed by atoms with E-state index in [2.05, 4.69) is 39.1 Å². The van der Waals surface area contributed by atoms with Crippen LogP contribution in [0.3, 0.4) is 0 Å². The monoisotopic (exact) mass is 315 g/mol. The van der Waals surface area contributed by atoms with Crippen molar-refractivity contribution in [3.63, 3.8) is 0 Å². The van der Waals surface area contributed by atoms with E-state index in [1.807, 2.05) is 6.07 Å². The lowest BCUT2D eigenvalue weighted by Gasteiger charge is -2.04. The highest BCUT2D eigenvalue weighted by Crippen LogP contribution is 2.23. The van der Waals surface area contributed by atoms with Crippen LogP contribution in [0.1, 0.15) is 33.6 Å². The van der Waals surface area contributed by atoms with E-state index in [1.54, 1.807) is 12.3 Å². The van der Waals surface area contributed by atoms with Crippen LogP contribution in [-0.2, 0) is 19.3 Å². The molecule has 0 unspecified atom stereocenters. The average Bonchev–Trinajstić information content (AvgIpc) is 2.87. The molecule has 0 saturated heterocycles. The molecule has 1 aliphatic carbocycles. The highest BCUT2D eigenvalue weighted by atomic mass is 79.9. The Morgan fingerprint density at radius 1 is 1.16 bits per heavy atom. The van der Waals surface area contributed by atoms with Crippen LogP contribution in [0.4, 0.5) is 0 Å². The van der Waals surface area contributed by atoms with E-state index in [0.717, 1.165) is 16.5 Å². The third-order valence-corrected chi connectivity index (χ3v) is 4.01. The normalized spacial score (nSPS) is 13.3.